The molecule has 0 aliphatic carbocycles. The molecule has 11 heteroatoms. The number of fused-ring (bicyclic) bond motifs is 2. The Bertz CT molecular complexity index is 1810. The minimum atomic E-state index is -0.632. The predicted octanol–water partition coefficient (Wildman–Crippen LogP) is 3.09. The first kappa shape index (κ1) is 21.2. The van der Waals surface area contributed by atoms with Crippen LogP contribution in [0, 0.1) is 28.5 Å². The molecule has 166 valence electrons. The predicted molar refractivity (Wildman–Crippen MR) is 124 cm³/mol. The Morgan fingerprint density at radius 3 is 2.74 bits per heavy atom. The molecular weight excluding hydrogens is 457 g/mol. The highest BCUT2D eigenvalue weighted by Gasteiger charge is 2.21. The summed E-state index contributed by atoms with van der Waals surface area (Å²) in [5, 5.41) is 23.5. The van der Waals surface area contributed by atoms with Crippen LogP contribution in [0.15, 0.2) is 52.4 Å². The van der Waals surface area contributed by atoms with E-state index in [2.05, 4.69) is 10.1 Å². The van der Waals surface area contributed by atoms with Crippen molar-refractivity contribution in [2.24, 2.45) is 7.05 Å². The molecule has 0 fully saturated rings. The smallest absolute Gasteiger partial charge is 0.291 e. The topological polar surface area (TPSA) is 122 Å². The highest BCUT2D eigenvalue weighted by molar-refractivity contribution is 7.22. The third-order valence-electron chi connectivity index (χ3n) is 5.50. The molecule has 0 saturated carbocycles. The molecule has 5 rings (SSSR count). The standard InChI is InChI=1S/C23H14FN7O2S/c1-29-20-14(11-28-29)10-27-12-18(20)31-22(32)21-17(30(23(31)33)6-2-5-25)8-19(34-21)16-7-15(24)4-3-13(16)9-26/h3-4,7-8,10-12H,2,6H2,1H3. The lowest BCUT2D eigenvalue weighted by atomic mass is 10.1. The largest absolute Gasteiger partial charge is 0.336 e. The van der Waals surface area contributed by atoms with Gasteiger partial charge in [-0.3, -0.25) is 19.0 Å². The lowest BCUT2D eigenvalue weighted by Gasteiger charge is -2.12. The van der Waals surface area contributed by atoms with Gasteiger partial charge >= 0.3 is 5.69 Å². The van der Waals surface area contributed by atoms with Crippen molar-refractivity contribution < 1.29 is 4.39 Å². The molecule has 0 aliphatic rings. The average molecular weight is 471 g/mol. The number of nitriles is 2. The van der Waals surface area contributed by atoms with E-state index in [1.807, 2.05) is 12.1 Å². The lowest BCUT2D eigenvalue weighted by molar-refractivity contribution is 0.628. The van der Waals surface area contributed by atoms with E-state index >= 15 is 0 Å². The van der Waals surface area contributed by atoms with Crippen molar-refractivity contribution in [2.75, 3.05) is 0 Å². The van der Waals surface area contributed by atoms with Crippen LogP contribution in [0.2, 0.25) is 0 Å². The quantitative estimate of drug-likeness (QED) is 0.397. The summed E-state index contributed by atoms with van der Waals surface area (Å²) in [5.41, 5.74) is 0.488. The van der Waals surface area contributed by atoms with Gasteiger partial charge in [-0.2, -0.15) is 15.6 Å². The number of hydrogen-bond acceptors (Lipinski definition) is 7. The molecular formula is C23H14FN7O2S. The third-order valence-corrected chi connectivity index (χ3v) is 6.64. The molecule has 0 unspecified atom stereocenters. The number of aryl methyl sites for hydroxylation is 2. The zero-order chi connectivity index (χ0) is 24.0. The van der Waals surface area contributed by atoms with Gasteiger partial charge in [0.25, 0.3) is 5.56 Å². The molecule has 4 heterocycles. The lowest BCUT2D eigenvalue weighted by Crippen LogP contribution is -2.38. The molecule has 0 N–H and O–H groups in total. The minimum absolute atomic E-state index is 0.0377. The Kier molecular flexibility index (Phi) is 5.04. The number of hydrogen-bond donors (Lipinski definition) is 0. The number of aromatic nitrogens is 5. The van der Waals surface area contributed by atoms with E-state index in [9.17, 15) is 19.2 Å². The van der Waals surface area contributed by atoms with Crippen molar-refractivity contribution in [2.45, 2.75) is 13.0 Å². The van der Waals surface area contributed by atoms with E-state index in [1.54, 1.807) is 30.2 Å². The van der Waals surface area contributed by atoms with Gasteiger partial charge in [0.1, 0.15) is 10.5 Å². The van der Waals surface area contributed by atoms with E-state index in [4.69, 9.17) is 5.26 Å². The molecule has 0 spiro atoms. The third kappa shape index (κ3) is 3.18. The maximum atomic E-state index is 14.0. The maximum Gasteiger partial charge on any atom is 0.336 e. The van der Waals surface area contributed by atoms with Gasteiger partial charge in [-0.05, 0) is 24.3 Å². The first-order valence-corrected chi connectivity index (χ1v) is 10.9. The second-order valence-corrected chi connectivity index (χ2v) is 8.53. The normalized spacial score (nSPS) is 11.1. The van der Waals surface area contributed by atoms with E-state index < -0.39 is 17.1 Å². The molecule has 4 aromatic heterocycles. The maximum absolute atomic E-state index is 14.0. The second-order valence-electron chi connectivity index (χ2n) is 7.47. The monoisotopic (exact) mass is 471 g/mol. The van der Waals surface area contributed by atoms with Crippen LogP contribution in [0.1, 0.15) is 12.0 Å². The van der Waals surface area contributed by atoms with Crippen molar-refractivity contribution in [1.82, 2.24) is 23.9 Å². The molecule has 34 heavy (non-hydrogen) atoms. The van der Waals surface area contributed by atoms with Crippen LogP contribution >= 0.6 is 11.3 Å². The first-order chi connectivity index (χ1) is 16.4. The summed E-state index contributed by atoms with van der Waals surface area (Å²) in [6.07, 6.45) is 4.62. The number of rotatable bonds is 4. The van der Waals surface area contributed by atoms with Gasteiger partial charge in [0.05, 0.1) is 53.2 Å². The van der Waals surface area contributed by atoms with Crippen molar-refractivity contribution in [1.29, 1.82) is 10.5 Å². The van der Waals surface area contributed by atoms with E-state index in [0.29, 0.717) is 26.9 Å². The van der Waals surface area contributed by atoms with Gasteiger partial charge in [0.2, 0.25) is 0 Å². The zero-order valence-electron chi connectivity index (χ0n) is 17.7. The molecule has 9 nitrogen and oxygen atoms in total. The van der Waals surface area contributed by atoms with Crippen LogP contribution in [-0.2, 0) is 13.6 Å². The molecule has 0 radical (unpaired) electrons. The molecule has 0 atom stereocenters. The van der Waals surface area contributed by atoms with Crippen LogP contribution in [0.4, 0.5) is 4.39 Å². The number of benzene rings is 1. The molecule has 5 aromatic rings. The summed E-state index contributed by atoms with van der Waals surface area (Å²) < 4.78 is 18.1. The van der Waals surface area contributed by atoms with E-state index in [1.165, 1.54) is 29.0 Å². The minimum Gasteiger partial charge on any atom is -0.291 e. The van der Waals surface area contributed by atoms with Gasteiger partial charge in [-0.1, -0.05) is 0 Å². The van der Waals surface area contributed by atoms with Gasteiger partial charge in [0.15, 0.2) is 0 Å². The Hall–Kier alpha value is -4.61. The fourth-order valence-corrected chi connectivity index (χ4v) is 5.09. The summed E-state index contributed by atoms with van der Waals surface area (Å²) in [5.74, 6) is -0.528. The van der Waals surface area contributed by atoms with Gasteiger partial charge < -0.3 is 0 Å². The molecule has 0 saturated heterocycles. The Morgan fingerprint density at radius 2 is 1.97 bits per heavy atom. The highest BCUT2D eigenvalue weighted by Crippen LogP contribution is 2.34. The van der Waals surface area contributed by atoms with Gasteiger partial charge in [0, 0.05) is 35.6 Å². The molecule has 0 bridgehead atoms. The summed E-state index contributed by atoms with van der Waals surface area (Å²) in [6.45, 7) is 0.0470. The Morgan fingerprint density at radius 1 is 1.15 bits per heavy atom. The highest BCUT2D eigenvalue weighted by atomic mass is 32.1. The SMILES string of the molecule is Cn1ncc2cncc(-n3c(=O)c4sc(-c5cc(F)ccc5C#N)cc4n(CCC#N)c3=O)c21. The summed E-state index contributed by atoms with van der Waals surface area (Å²) >= 11 is 1.06. The molecule has 0 amide bonds. The summed E-state index contributed by atoms with van der Waals surface area (Å²) in [7, 11) is 1.69. The van der Waals surface area contributed by atoms with Crippen molar-refractivity contribution in [3.05, 3.63) is 75.1 Å². The fraction of sp³-hybridized carbons (Fsp3) is 0.130. The van der Waals surface area contributed by atoms with E-state index in [0.717, 1.165) is 15.9 Å². The van der Waals surface area contributed by atoms with Crippen molar-refractivity contribution >= 4 is 32.5 Å². The number of thiophene rings is 1. The molecule has 0 aliphatic heterocycles. The second kappa shape index (κ2) is 8.06. The average Bonchev–Trinajstić information content (AvgIpc) is 3.44. The van der Waals surface area contributed by atoms with Gasteiger partial charge in [-0.25, -0.2) is 13.8 Å². The van der Waals surface area contributed by atoms with Crippen LogP contribution < -0.4 is 11.2 Å². The zero-order valence-corrected chi connectivity index (χ0v) is 18.5. The van der Waals surface area contributed by atoms with Gasteiger partial charge in [-0.15, -0.1) is 11.3 Å². The Balaban J connectivity index is 1.88. The fourth-order valence-electron chi connectivity index (χ4n) is 3.96. The van der Waals surface area contributed by atoms with Crippen LogP contribution in [0.3, 0.4) is 0 Å². The van der Waals surface area contributed by atoms with E-state index in [-0.39, 0.29) is 28.9 Å². The number of halogens is 1. The van der Waals surface area contributed by atoms with Crippen LogP contribution in [0.5, 0.6) is 0 Å². The van der Waals surface area contributed by atoms with Crippen molar-refractivity contribution in [3.8, 4) is 28.3 Å². The first-order valence-electron chi connectivity index (χ1n) is 10.1. The number of pyridine rings is 1. The van der Waals surface area contributed by atoms with Crippen LogP contribution in [-0.4, -0.2) is 23.9 Å². The molecule has 1 aromatic carbocycles. The van der Waals surface area contributed by atoms with Crippen molar-refractivity contribution in [3.63, 3.8) is 0 Å². The van der Waals surface area contributed by atoms with Crippen LogP contribution in [0.25, 0.3) is 37.2 Å². The Labute approximate surface area is 194 Å². The summed E-state index contributed by atoms with van der Waals surface area (Å²) in [6, 6.07) is 9.41. The number of nitrogens with zero attached hydrogens (tertiary/aromatic N) is 7. The summed E-state index contributed by atoms with van der Waals surface area (Å²) in [4.78, 5) is 31.8.